The fourth-order valence-corrected chi connectivity index (χ4v) is 1.82. The summed E-state index contributed by atoms with van der Waals surface area (Å²) in [6, 6.07) is 4.06. The summed E-state index contributed by atoms with van der Waals surface area (Å²) in [7, 11) is 1.50. The minimum Gasteiger partial charge on any atom is -0.479 e. The zero-order valence-electron chi connectivity index (χ0n) is 11.5. The molecule has 2 N–H and O–H groups in total. The zero-order valence-corrected chi connectivity index (χ0v) is 11.5. The second-order valence-corrected chi connectivity index (χ2v) is 4.41. The SMILES string of the molecule is COc1ncnc(Oc2cc(C)cc(C)c2C)c1N. The fraction of sp³-hybridized carbons (Fsp3) is 0.286. The maximum absolute atomic E-state index is 5.89. The molecule has 1 aromatic heterocycles. The summed E-state index contributed by atoms with van der Waals surface area (Å²) < 4.78 is 10.8. The Balaban J connectivity index is 2.42. The molecule has 0 spiro atoms. The molecule has 0 bridgehead atoms. The minimum absolute atomic E-state index is 0.295. The van der Waals surface area contributed by atoms with E-state index < -0.39 is 0 Å². The summed E-state index contributed by atoms with van der Waals surface area (Å²) in [5.41, 5.74) is 9.53. The molecule has 0 aliphatic heterocycles. The number of anilines is 1. The Morgan fingerprint density at radius 2 is 1.74 bits per heavy atom. The Morgan fingerprint density at radius 1 is 1.05 bits per heavy atom. The number of aromatic nitrogens is 2. The van der Waals surface area contributed by atoms with Gasteiger partial charge in [-0.15, -0.1) is 0 Å². The van der Waals surface area contributed by atoms with E-state index in [1.54, 1.807) is 0 Å². The third-order valence-electron chi connectivity index (χ3n) is 2.97. The Kier molecular flexibility index (Phi) is 3.55. The van der Waals surface area contributed by atoms with Crippen molar-refractivity contribution in [1.29, 1.82) is 0 Å². The van der Waals surface area contributed by atoms with E-state index in [-0.39, 0.29) is 0 Å². The quantitative estimate of drug-likeness (QED) is 0.917. The van der Waals surface area contributed by atoms with Gasteiger partial charge < -0.3 is 15.2 Å². The number of nitrogen functional groups attached to an aromatic ring is 1. The Bertz CT molecular complexity index is 612. The van der Waals surface area contributed by atoms with Crippen molar-refractivity contribution in [2.45, 2.75) is 20.8 Å². The first-order chi connectivity index (χ1) is 9.02. The molecular formula is C14H17N3O2. The van der Waals surface area contributed by atoms with Crippen LogP contribution in [0.1, 0.15) is 16.7 Å². The van der Waals surface area contributed by atoms with E-state index >= 15 is 0 Å². The molecule has 1 aromatic carbocycles. The van der Waals surface area contributed by atoms with Crippen molar-refractivity contribution in [2.75, 3.05) is 12.8 Å². The van der Waals surface area contributed by atoms with Gasteiger partial charge in [0.05, 0.1) is 7.11 Å². The third kappa shape index (κ3) is 2.59. The average Bonchev–Trinajstić information content (AvgIpc) is 2.37. The average molecular weight is 259 g/mol. The minimum atomic E-state index is 0.295. The summed E-state index contributed by atoms with van der Waals surface area (Å²) in [6.07, 6.45) is 1.36. The van der Waals surface area contributed by atoms with Crippen molar-refractivity contribution in [2.24, 2.45) is 0 Å². The molecule has 0 amide bonds. The van der Waals surface area contributed by atoms with Gasteiger partial charge in [0.1, 0.15) is 12.1 Å². The molecule has 5 nitrogen and oxygen atoms in total. The van der Waals surface area contributed by atoms with Crippen LogP contribution in [0.25, 0.3) is 0 Å². The third-order valence-corrected chi connectivity index (χ3v) is 2.97. The highest BCUT2D eigenvalue weighted by atomic mass is 16.5. The number of hydrogen-bond donors (Lipinski definition) is 1. The summed E-state index contributed by atoms with van der Waals surface area (Å²) in [5.74, 6) is 1.36. The van der Waals surface area contributed by atoms with Crippen LogP contribution >= 0.6 is 0 Å². The van der Waals surface area contributed by atoms with E-state index in [1.807, 2.05) is 26.8 Å². The van der Waals surface area contributed by atoms with Gasteiger partial charge in [0.2, 0.25) is 11.8 Å². The van der Waals surface area contributed by atoms with Crippen molar-refractivity contribution in [3.05, 3.63) is 35.2 Å². The topological polar surface area (TPSA) is 70.3 Å². The first kappa shape index (κ1) is 13.1. The molecular weight excluding hydrogens is 242 g/mol. The summed E-state index contributed by atoms with van der Waals surface area (Å²) in [6.45, 7) is 6.06. The molecule has 0 radical (unpaired) electrons. The highest BCUT2D eigenvalue weighted by Gasteiger charge is 2.12. The highest BCUT2D eigenvalue weighted by Crippen LogP contribution is 2.33. The molecule has 0 aliphatic rings. The van der Waals surface area contributed by atoms with Crippen LogP contribution in [0.15, 0.2) is 18.5 Å². The van der Waals surface area contributed by atoms with Crippen molar-refractivity contribution in [3.8, 4) is 17.5 Å². The van der Waals surface area contributed by atoms with Gasteiger partial charge in [-0.25, -0.2) is 0 Å². The number of rotatable bonds is 3. The van der Waals surface area contributed by atoms with E-state index in [0.717, 1.165) is 22.4 Å². The monoisotopic (exact) mass is 259 g/mol. The van der Waals surface area contributed by atoms with Crippen molar-refractivity contribution in [3.63, 3.8) is 0 Å². The molecule has 19 heavy (non-hydrogen) atoms. The van der Waals surface area contributed by atoms with Crippen LogP contribution in [-0.4, -0.2) is 17.1 Å². The number of benzene rings is 1. The molecule has 0 atom stereocenters. The van der Waals surface area contributed by atoms with Gasteiger partial charge in [-0.05, 0) is 43.5 Å². The molecule has 0 saturated heterocycles. The number of nitrogens with zero attached hydrogens (tertiary/aromatic N) is 2. The van der Waals surface area contributed by atoms with Crippen molar-refractivity contribution in [1.82, 2.24) is 9.97 Å². The first-order valence-electron chi connectivity index (χ1n) is 5.93. The van der Waals surface area contributed by atoms with Gasteiger partial charge in [-0.3, -0.25) is 0 Å². The van der Waals surface area contributed by atoms with Crippen LogP contribution in [0.2, 0.25) is 0 Å². The van der Waals surface area contributed by atoms with Crippen molar-refractivity contribution < 1.29 is 9.47 Å². The number of nitrogens with two attached hydrogens (primary N) is 1. The summed E-state index contributed by atoms with van der Waals surface area (Å²) in [4.78, 5) is 7.96. The maximum atomic E-state index is 5.89. The lowest BCUT2D eigenvalue weighted by molar-refractivity contribution is 0.391. The van der Waals surface area contributed by atoms with Crippen LogP contribution in [0.4, 0.5) is 5.69 Å². The standard InChI is InChI=1S/C14H17N3O2/c1-8-5-9(2)10(3)11(6-8)19-14-12(15)13(18-4)16-7-17-14/h5-7H,15H2,1-4H3. The van der Waals surface area contributed by atoms with Gasteiger partial charge in [-0.2, -0.15) is 9.97 Å². The molecule has 0 unspecified atom stereocenters. The van der Waals surface area contributed by atoms with Crippen LogP contribution in [0.3, 0.4) is 0 Å². The normalized spacial score (nSPS) is 10.3. The lowest BCUT2D eigenvalue weighted by atomic mass is 10.1. The van der Waals surface area contributed by atoms with Gasteiger partial charge in [0.25, 0.3) is 0 Å². The van der Waals surface area contributed by atoms with Gasteiger partial charge in [0, 0.05) is 0 Å². The zero-order chi connectivity index (χ0) is 14.0. The number of aryl methyl sites for hydroxylation is 2. The number of ether oxygens (including phenoxy) is 2. The fourth-order valence-electron chi connectivity index (χ4n) is 1.82. The Hall–Kier alpha value is -2.30. The molecule has 0 fully saturated rings. The highest BCUT2D eigenvalue weighted by molar-refractivity contribution is 5.57. The van der Waals surface area contributed by atoms with Gasteiger partial charge in [-0.1, -0.05) is 6.07 Å². The molecule has 5 heteroatoms. The first-order valence-corrected chi connectivity index (χ1v) is 5.93. The van der Waals surface area contributed by atoms with E-state index in [9.17, 15) is 0 Å². The second kappa shape index (κ2) is 5.14. The Labute approximate surface area is 112 Å². The molecule has 100 valence electrons. The summed E-state index contributed by atoms with van der Waals surface area (Å²) in [5, 5.41) is 0. The number of methoxy groups -OCH3 is 1. The molecule has 0 saturated carbocycles. The molecule has 0 aliphatic carbocycles. The molecule has 2 rings (SSSR count). The molecule has 1 heterocycles. The van der Waals surface area contributed by atoms with E-state index in [4.69, 9.17) is 15.2 Å². The van der Waals surface area contributed by atoms with Crippen LogP contribution in [-0.2, 0) is 0 Å². The van der Waals surface area contributed by atoms with Crippen LogP contribution in [0.5, 0.6) is 17.5 Å². The van der Waals surface area contributed by atoms with E-state index in [1.165, 1.54) is 13.4 Å². The predicted octanol–water partition coefficient (Wildman–Crippen LogP) is 2.78. The van der Waals surface area contributed by atoms with E-state index in [0.29, 0.717) is 17.4 Å². The lowest BCUT2D eigenvalue weighted by Gasteiger charge is -2.13. The maximum Gasteiger partial charge on any atom is 0.249 e. The largest absolute Gasteiger partial charge is 0.479 e. The predicted molar refractivity (Wildman–Crippen MR) is 73.7 cm³/mol. The lowest BCUT2D eigenvalue weighted by Crippen LogP contribution is -2.01. The summed E-state index contributed by atoms with van der Waals surface area (Å²) >= 11 is 0. The van der Waals surface area contributed by atoms with Crippen LogP contribution < -0.4 is 15.2 Å². The number of hydrogen-bond acceptors (Lipinski definition) is 5. The van der Waals surface area contributed by atoms with Crippen molar-refractivity contribution >= 4 is 5.69 Å². The van der Waals surface area contributed by atoms with Gasteiger partial charge in [0.15, 0.2) is 5.69 Å². The molecule has 2 aromatic rings. The van der Waals surface area contributed by atoms with Crippen LogP contribution in [0, 0.1) is 20.8 Å². The van der Waals surface area contributed by atoms with Gasteiger partial charge >= 0.3 is 0 Å². The van der Waals surface area contributed by atoms with E-state index in [2.05, 4.69) is 16.0 Å². The smallest absolute Gasteiger partial charge is 0.249 e. The second-order valence-electron chi connectivity index (χ2n) is 4.41. The Morgan fingerprint density at radius 3 is 2.42 bits per heavy atom.